The minimum atomic E-state index is -0.259. The van der Waals surface area contributed by atoms with Crippen LogP contribution in [-0.2, 0) is 13.0 Å². The molecule has 27 heavy (non-hydrogen) atoms. The quantitative estimate of drug-likeness (QED) is 0.819. The van der Waals surface area contributed by atoms with Crippen molar-refractivity contribution in [2.45, 2.75) is 53.0 Å². The summed E-state index contributed by atoms with van der Waals surface area (Å²) >= 11 is 0. The molecule has 144 valence electrons. The molecular formula is C21H28N4O2. The SMILES string of the molecule is Cc1ccc(NC(=O)c2nc(C(=O)NCCC(C)C)n3c2CCCC3)cc1. The lowest BCUT2D eigenvalue weighted by molar-refractivity contribution is 0.0936. The molecule has 3 rings (SSSR count). The number of nitrogens with one attached hydrogen (secondary N) is 2. The van der Waals surface area contributed by atoms with Gasteiger partial charge in [0.05, 0.1) is 5.69 Å². The molecule has 0 atom stereocenters. The molecule has 6 nitrogen and oxygen atoms in total. The van der Waals surface area contributed by atoms with Crippen LogP contribution in [0.25, 0.3) is 0 Å². The average Bonchev–Trinajstić information content (AvgIpc) is 3.03. The molecule has 6 heteroatoms. The van der Waals surface area contributed by atoms with Gasteiger partial charge in [0, 0.05) is 18.8 Å². The van der Waals surface area contributed by atoms with Gasteiger partial charge in [0.2, 0.25) is 0 Å². The summed E-state index contributed by atoms with van der Waals surface area (Å²) in [6.07, 6.45) is 3.68. The van der Waals surface area contributed by atoms with Gasteiger partial charge in [-0.25, -0.2) is 4.98 Å². The standard InChI is InChI=1S/C21H28N4O2/c1-14(2)11-12-22-21(27)19-24-18(17-6-4-5-13-25(17)19)20(26)23-16-9-7-15(3)8-10-16/h7-10,14H,4-6,11-13H2,1-3H3,(H,22,27)(H,23,26). The molecule has 1 aromatic carbocycles. The van der Waals surface area contributed by atoms with E-state index in [9.17, 15) is 9.59 Å². The first-order chi connectivity index (χ1) is 13.0. The molecule has 1 aliphatic rings. The number of aryl methyl sites for hydroxylation is 1. The zero-order valence-corrected chi connectivity index (χ0v) is 16.3. The van der Waals surface area contributed by atoms with Gasteiger partial charge in [-0.1, -0.05) is 31.5 Å². The van der Waals surface area contributed by atoms with E-state index in [4.69, 9.17) is 0 Å². The lowest BCUT2D eigenvalue weighted by atomic mass is 10.1. The van der Waals surface area contributed by atoms with Crippen molar-refractivity contribution in [1.29, 1.82) is 0 Å². The van der Waals surface area contributed by atoms with Crippen molar-refractivity contribution in [3.8, 4) is 0 Å². The topological polar surface area (TPSA) is 76.0 Å². The summed E-state index contributed by atoms with van der Waals surface area (Å²) in [5.41, 5.74) is 3.09. The van der Waals surface area contributed by atoms with Gasteiger partial charge in [-0.3, -0.25) is 9.59 Å². The van der Waals surface area contributed by atoms with Crippen LogP contribution in [0.15, 0.2) is 24.3 Å². The van der Waals surface area contributed by atoms with Crippen LogP contribution in [0, 0.1) is 12.8 Å². The number of imidazole rings is 1. The van der Waals surface area contributed by atoms with Crippen LogP contribution in [0.5, 0.6) is 0 Å². The molecule has 2 aromatic rings. The molecule has 2 N–H and O–H groups in total. The Morgan fingerprint density at radius 1 is 1.15 bits per heavy atom. The lowest BCUT2D eigenvalue weighted by Crippen LogP contribution is -2.29. The van der Waals surface area contributed by atoms with Crippen LogP contribution in [-0.4, -0.2) is 27.9 Å². The molecule has 2 amide bonds. The summed E-state index contributed by atoms with van der Waals surface area (Å²) in [7, 11) is 0. The zero-order chi connectivity index (χ0) is 19.4. The molecule has 0 spiro atoms. The third kappa shape index (κ3) is 4.56. The number of nitrogens with zero attached hydrogens (tertiary/aromatic N) is 2. The Kier molecular flexibility index (Phi) is 5.94. The van der Waals surface area contributed by atoms with Crippen LogP contribution < -0.4 is 10.6 Å². The third-order valence-electron chi connectivity index (χ3n) is 4.85. The Hall–Kier alpha value is -2.63. The van der Waals surface area contributed by atoms with Crippen LogP contribution >= 0.6 is 0 Å². The van der Waals surface area contributed by atoms with E-state index in [2.05, 4.69) is 29.5 Å². The lowest BCUT2D eigenvalue weighted by Gasteiger charge is -2.17. The first-order valence-electron chi connectivity index (χ1n) is 9.71. The van der Waals surface area contributed by atoms with Crippen molar-refractivity contribution in [3.05, 3.63) is 47.0 Å². The monoisotopic (exact) mass is 368 g/mol. The maximum Gasteiger partial charge on any atom is 0.287 e. The van der Waals surface area contributed by atoms with Crippen LogP contribution in [0.3, 0.4) is 0 Å². The molecule has 2 heterocycles. The number of carbonyl (C=O) groups excluding carboxylic acids is 2. The number of hydrogen-bond donors (Lipinski definition) is 2. The summed E-state index contributed by atoms with van der Waals surface area (Å²) < 4.78 is 1.91. The maximum atomic E-state index is 12.8. The molecule has 1 aromatic heterocycles. The highest BCUT2D eigenvalue weighted by Gasteiger charge is 2.27. The maximum absolute atomic E-state index is 12.8. The van der Waals surface area contributed by atoms with Crippen molar-refractivity contribution < 1.29 is 9.59 Å². The fourth-order valence-electron chi connectivity index (χ4n) is 3.28. The summed E-state index contributed by atoms with van der Waals surface area (Å²) in [6, 6.07) is 7.64. The van der Waals surface area contributed by atoms with Crippen molar-refractivity contribution in [3.63, 3.8) is 0 Å². The van der Waals surface area contributed by atoms with Crippen LogP contribution in [0.1, 0.15) is 65.5 Å². The Labute approximate surface area is 160 Å². The molecule has 0 radical (unpaired) electrons. The second-order valence-electron chi connectivity index (χ2n) is 7.60. The number of benzene rings is 1. The Morgan fingerprint density at radius 2 is 1.89 bits per heavy atom. The first kappa shape index (κ1) is 19.1. The van der Waals surface area contributed by atoms with Crippen LogP contribution in [0.2, 0.25) is 0 Å². The van der Waals surface area contributed by atoms with E-state index < -0.39 is 0 Å². The molecule has 0 fully saturated rings. The van der Waals surface area contributed by atoms with Gasteiger partial charge in [-0.05, 0) is 50.7 Å². The number of hydrogen-bond acceptors (Lipinski definition) is 3. The minimum absolute atomic E-state index is 0.201. The summed E-state index contributed by atoms with van der Waals surface area (Å²) in [6.45, 7) is 7.59. The fraction of sp³-hybridized carbons (Fsp3) is 0.476. The first-order valence-corrected chi connectivity index (χ1v) is 9.71. The van der Waals surface area contributed by atoms with Gasteiger partial charge >= 0.3 is 0 Å². The Bertz CT molecular complexity index is 821. The van der Waals surface area contributed by atoms with Gasteiger partial charge < -0.3 is 15.2 Å². The van der Waals surface area contributed by atoms with Crippen molar-refractivity contribution in [1.82, 2.24) is 14.9 Å². The second kappa shape index (κ2) is 8.37. The normalized spacial score (nSPS) is 13.3. The molecule has 0 unspecified atom stereocenters. The van der Waals surface area contributed by atoms with Gasteiger partial charge in [0.25, 0.3) is 11.8 Å². The predicted molar refractivity (Wildman–Crippen MR) is 106 cm³/mol. The van der Waals surface area contributed by atoms with Gasteiger partial charge in [-0.2, -0.15) is 0 Å². The largest absolute Gasteiger partial charge is 0.349 e. The number of aromatic nitrogens is 2. The molecule has 0 aliphatic carbocycles. The van der Waals surface area contributed by atoms with E-state index in [1.54, 1.807) is 0 Å². The predicted octanol–water partition coefficient (Wildman–Crippen LogP) is 3.56. The molecule has 0 bridgehead atoms. The Balaban J connectivity index is 1.80. The van der Waals surface area contributed by atoms with Crippen molar-refractivity contribution in [2.24, 2.45) is 5.92 Å². The van der Waals surface area contributed by atoms with E-state index in [-0.39, 0.29) is 11.8 Å². The van der Waals surface area contributed by atoms with Gasteiger partial charge in [0.15, 0.2) is 11.5 Å². The molecule has 1 aliphatic heterocycles. The number of amides is 2. The third-order valence-corrected chi connectivity index (χ3v) is 4.85. The van der Waals surface area contributed by atoms with Crippen molar-refractivity contribution >= 4 is 17.5 Å². The number of carbonyl (C=O) groups is 2. The highest BCUT2D eigenvalue weighted by molar-refractivity contribution is 6.05. The molecule has 0 saturated carbocycles. The minimum Gasteiger partial charge on any atom is -0.349 e. The van der Waals surface area contributed by atoms with Gasteiger partial charge in [0.1, 0.15) is 0 Å². The number of fused-ring (bicyclic) bond motifs is 1. The van der Waals surface area contributed by atoms with Gasteiger partial charge in [-0.15, -0.1) is 0 Å². The highest BCUT2D eigenvalue weighted by Crippen LogP contribution is 2.22. The molecule has 0 saturated heterocycles. The van der Waals surface area contributed by atoms with E-state index in [1.165, 1.54) is 0 Å². The van der Waals surface area contributed by atoms with E-state index in [0.29, 0.717) is 24.0 Å². The smallest absolute Gasteiger partial charge is 0.287 e. The van der Waals surface area contributed by atoms with Crippen molar-refractivity contribution in [2.75, 3.05) is 11.9 Å². The average molecular weight is 368 g/mol. The second-order valence-corrected chi connectivity index (χ2v) is 7.60. The summed E-state index contributed by atoms with van der Waals surface area (Å²) in [5.74, 6) is 0.414. The fourth-order valence-corrected chi connectivity index (χ4v) is 3.28. The Morgan fingerprint density at radius 3 is 2.59 bits per heavy atom. The van der Waals surface area contributed by atoms with E-state index in [0.717, 1.165) is 49.2 Å². The highest BCUT2D eigenvalue weighted by atomic mass is 16.2. The zero-order valence-electron chi connectivity index (χ0n) is 16.3. The van der Waals surface area contributed by atoms with Crippen LogP contribution in [0.4, 0.5) is 5.69 Å². The summed E-state index contributed by atoms with van der Waals surface area (Å²) in [4.78, 5) is 29.8. The summed E-state index contributed by atoms with van der Waals surface area (Å²) in [5, 5.41) is 5.83. The molecular weight excluding hydrogens is 340 g/mol. The number of rotatable bonds is 6. The number of anilines is 1. The van der Waals surface area contributed by atoms with E-state index in [1.807, 2.05) is 35.8 Å². The van der Waals surface area contributed by atoms with E-state index >= 15 is 0 Å².